The topological polar surface area (TPSA) is 233 Å². The number of H-pyrrole nitrogens is 1. The average molecular weight is 577 g/mol. The van der Waals surface area contributed by atoms with E-state index in [0.717, 1.165) is 39.8 Å². The third-order valence-electron chi connectivity index (χ3n) is 5.16. The van der Waals surface area contributed by atoms with E-state index in [2.05, 4.69) is 25.9 Å². The fourth-order valence-corrected chi connectivity index (χ4v) is 8.16. The highest BCUT2D eigenvalue weighted by Crippen LogP contribution is 2.44. The van der Waals surface area contributed by atoms with Crippen LogP contribution in [0.5, 0.6) is 0 Å². The number of thiophene rings is 1. The fraction of sp³-hybridized carbons (Fsp3) is 0.353. The molecule has 4 rings (SSSR count). The van der Waals surface area contributed by atoms with Crippen molar-refractivity contribution in [2.75, 3.05) is 11.5 Å². The molecule has 192 valence electrons. The minimum atomic E-state index is -4.58. The number of hydrogen-bond acceptors (Lipinski definition) is 12. The standard InChI is InChI=1S/C17H16N6O9S4/c24-12(9(15(26)27)7-2-1-3-33-7)18-10-13(25)23-11(16(28)29)6(4-34-14(10)23)8(5-36(30,31)32)35-17-19-21-22-20-17/h1-3,8-10,14H,4-5H2,(H,18,24)(H,26,27)(H,28,29)(H,30,31,32)(H,19,20,21,22)/t8?,9?,10?,14-/m1/s1. The minimum absolute atomic E-state index is 0.0126. The van der Waals surface area contributed by atoms with Gasteiger partial charge in [0.2, 0.25) is 11.1 Å². The normalized spacial score (nSPS) is 21.4. The van der Waals surface area contributed by atoms with Crippen molar-refractivity contribution in [2.24, 2.45) is 0 Å². The Morgan fingerprint density at radius 2 is 2.08 bits per heavy atom. The van der Waals surface area contributed by atoms with Crippen molar-refractivity contribution in [3.05, 3.63) is 33.7 Å². The van der Waals surface area contributed by atoms with Crippen LogP contribution in [0.15, 0.2) is 33.9 Å². The number of nitrogens with one attached hydrogen (secondary N) is 2. The molecule has 2 aliphatic rings. The van der Waals surface area contributed by atoms with Crippen molar-refractivity contribution < 1.29 is 42.4 Å². The number of fused-ring (bicyclic) bond motifs is 1. The number of aromatic nitrogens is 4. The summed E-state index contributed by atoms with van der Waals surface area (Å²) in [6.07, 6.45) is 0. The van der Waals surface area contributed by atoms with Crippen LogP contribution in [0.2, 0.25) is 0 Å². The number of aliphatic carboxylic acids is 2. The number of carboxylic acids is 2. The number of rotatable bonds is 10. The van der Waals surface area contributed by atoms with Gasteiger partial charge in [0.05, 0.1) is 11.0 Å². The van der Waals surface area contributed by atoms with E-state index in [9.17, 15) is 42.4 Å². The van der Waals surface area contributed by atoms with Gasteiger partial charge in [0.1, 0.15) is 17.1 Å². The summed E-state index contributed by atoms with van der Waals surface area (Å²) in [4.78, 5) is 50.6. The van der Waals surface area contributed by atoms with Crippen LogP contribution in [0.3, 0.4) is 0 Å². The molecule has 2 aromatic rings. The maximum Gasteiger partial charge on any atom is 0.352 e. The first-order valence-corrected chi connectivity index (χ1v) is 14.2. The Labute approximate surface area is 214 Å². The number of nitrogens with zero attached hydrogens (tertiary/aromatic N) is 4. The first-order chi connectivity index (χ1) is 17.0. The van der Waals surface area contributed by atoms with E-state index in [1.54, 1.807) is 11.4 Å². The zero-order chi connectivity index (χ0) is 26.2. The van der Waals surface area contributed by atoms with Crippen LogP contribution < -0.4 is 5.32 Å². The molecule has 36 heavy (non-hydrogen) atoms. The molecule has 5 N–H and O–H groups in total. The molecule has 0 saturated carbocycles. The molecule has 15 nitrogen and oxygen atoms in total. The molecule has 0 radical (unpaired) electrons. The summed E-state index contributed by atoms with van der Waals surface area (Å²) in [5, 5.41) is 34.3. The van der Waals surface area contributed by atoms with Gasteiger partial charge in [0, 0.05) is 10.6 Å². The van der Waals surface area contributed by atoms with Gasteiger partial charge in [-0.3, -0.25) is 23.8 Å². The van der Waals surface area contributed by atoms with E-state index < -0.39 is 67.9 Å². The molecule has 4 heterocycles. The Morgan fingerprint density at radius 3 is 2.64 bits per heavy atom. The van der Waals surface area contributed by atoms with Crippen molar-refractivity contribution in [1.82, 2.24) is 30.8 Å². The second-order valence-corrected chi connectivity index (χ2v) is 12.2. The van der Waals surface area contributed by atoms with Gasteiger partial charge in [-0.15, -0.1) is 33.3 Å². The number of hydrogen-bond donors (Lipinski definition) is 5. The highest BCUT2D eigenvalue weighted by Gasteiger charge is 2.55. The van der Waals surface area contributed by atoms with Crippen molar-refractivity contribution in [2.45, 2.75) is 27.7 Å². The van der Waals surface area contributed by atoms with Crippen molar-refractivity contribution in [3.63, 3.8) is 0 Å². The number of carbonyl (C=O) groups is 4. The molecular formula is C17H16N6O9S4. The number of β-lactam (4-membered cyclic amide) rings is 1. The van der Waals surface area contributed by atoms with Crippen LogP contribution in [-0.4, -0.2) is 101 Å². The van der Waals surface area contributed by atoms with Crippen LogP contribution >= 0.6 is 34.9 Å². The summed E-state index contributed by atoms with van der Waals surface area (Å²) >= 11 is 2.85. The van der Waals surface area contributed by atoms with Crippen molar-refractivity contribution in [3.8, 4) is 0 Å². The Morgan fingerprint density at radius 1 is 1.33 bits per heavy atom. The van der Waals surface area contributed by atoms with Gasteiger partial charge >= 0.3 is 11.9 Å². The number of thioether (sulfide) groups is 2. The number of tetrazole rings is 1. The van der Waals surface area contributed by atoms with Gasteiger partial charge in [-0.2, -0.15) is 13.6 Å². The molecule has 4 atom stereocenters. The minimum Gasteiger partial charge on any atom is -0.480 e. The molecule has 2 aromatic heterocycles. The van der Waals surface area contributed by atoms with Gasteiger partial charge in [-0.25, -0.2) is 4.79 Å². The number of carboxylic acid groups (broad SMARTS) is 2. The van der Waals surface area contributed by atoms with E-state index in [1.165, 1.54) is 6.07 Å². The molecule has 0 spiro atoms. The molecule has 0 aliphatic carbocycles. The second kappa shape index (κ2) is 10.2. The highest BCUT2D eigenvalue weighted by atomic mass is 32.2. The third-order valence-corrected chi connectivity index (χ3v) is 9.48. The Balaban J connectivity index is 1.60. The first kappa shape index (κ1) is 26.1. The molecule has 3 unspecified atom stereocenters. The Kier molecular flexibility index (Phi) is 7.36. The highest BCUT2D eigenvalue weighted by molar-refractivity contribution is 8.01. The first-order valence-electron chi connectivity index (χ1n) is 9.80. The zero-order valence-corrected chi connectivity index (χ0v) is 20.9. The smallest absolute Gasteiger partial charge is 0.352 e. The van der Waals surface area contributed by atoms with Gasteiger partial charge in [0.25, 0.3) is 16.0 Å². The molecule has 1 saturated heterocycles. The lowest BCUT2D eigenvalue weighted by Crippen LogP contribution is -2.71. The summed E-state index contributed by atoms with van der Waals surface area (Å²) in [7, 11) is -4.58. The van der Waals surface area contributed by atoms with Crippen LogP contribution in [0.1, 0.15) is 10.8 Å². The summed E-state index contributed by atoms with van der Waals surface area (Å²) in [6.45, 7) is 0. The van der Waals surface area contributed by atoms with E-state index in [4.69, 9.17) is 0 Å². The molecule has 0 aromatic carbocycles. The lowest BCUT2D eigenvalue weighted by molar-refractivity contribution is -0.152. The van der Waals surface area contributed by atoms with Crippen molar-refractivity contribution >= 4 is 68.7 Å². The zero-order valence-electron chi connectivity index (χ0n) is 17.7. The summed E-state index contributed by atoms with van der Waals surface area (Å²) in [6, 6.07) is 1.86. The van der Waals surface area contributed by atoms with Gasteiger partial charge in [-0.05, 0) is 22.2 Å². The van der Waals surface area contributed by atoms with E-state index in [-0.39, 0.29) is 21.4 Å². The van der Waals surface area contributed by atoms with Gasteiger partial charge in [0.15, 0.2) is 5.92 Å². The number of carbonyl (C=O) groups excluding carboxylic acids is 2. The molecule has 1 fully saturated rings. The molecule has 2 aliphatic heterocycles. The second-order valence-electron chi connectivity index (χ2n) is 7.41. The SMILES string of the molecule is O=C(O)C1=C(C(CS(=O)(=O)O)Sc2nn[nH]n2)CS[C@@H]2C(NC(=O)C(C(=O)O)c3cccs3)C(=O)N12. The monoisotopic (exact) mass is 576 g/mol. The van der Waals surface area contributed by atoms with E-state index >= 15 is 0 Å². The largest absolute Gasteiger partial charge is 0.480 e. The lowest BCUT2D eigenvalue weighted by atomic mass is 10.00. The van der Waals surface area contributed by atoms with Crippen LogP contribution in [0, 0.1) is 0 Å². The average Bonchev–Trinajstić information content (AvgIpc) is 3.49. The molecule has 19 heteroatoms. The Hall–Kier alpha value is -3.00. The predicted molar refractivity (Wildman–Crippen MR) is 125 cm³/mol. The number of amides is 2. The van der Waals surface area contributed by atoms with Crippen molar-refractivity contribution in [1.29, 1.82) is 0 Å². The maximum absolute atomic E-state index is 12.9. The molecular weight excluding hydrogens is 560 g/mol. The summed E-state index contributed by atoms with van der Waals surface area (Å²) in [5.74, 6) is -7.16. The van der Waals surface area contributed by atoms with E-state index in [0.29, 0.717) is 0 Å². The summed E-state index contributed by atoms with van der Waals surface area (Å²) < 4.78 is 32.7. The van der Waals surface area contributed by atoms with Gasteiger partial charge < -0.3 is 15.5 Å². The predicted octanol–water partition coefficient (Wildman–Crippen LogP) is -0.783. The lowest BCUT2D eigenvalue weighted by Gasteiger charge is -2.50. The van der Waals surface area contributed by atoms with Crippen LogP contribution in [0.25, 0.3) is 0 Å². The van der Waals surface area contributed by atoms with Crippen LogP contribution in [-0.2, 0) is 29.3 Å². The third kappa shape index (κ3) is 5.24. The van der Waals surface area contributed by atoms with Crippen LogP contribution in [0.4, 0.5) is 0 Å². The summed E-state index contributed by atoms with van der Waals surface area (Å²) in [5.41, 5.74) is -0.469. The fourth-order valence-electron chi connectivity index (χ4n) is 3.67. The molecule has 2 amide bonds. The Bertz CT molecular complexity index is 1330. The quantitative estimate of drug-likeness (QED) is 0.101. The molecule has 0 bridgehead atoms. The number of aromatic amines is 1. The maximum atomic E-state index is 12.9. The van der Waals surface area contributed by atoms with E-state index in [1.807, 2.05) is 0 Å². The van der Waals surface area contributed by atoms with Gasteiger partial charge in [-0.1, -0.05) is 17.8 Å².